The fourth-order valence-corrected chi connectivity index (χ4v) is 2.46. The zero-order chi connectivity index (χ0) is 11.4. The van der Waals surface area contributed by atoms with Crippen LogP contribution in [0, 0.1) is 3.57 Å². The monoisotopic (exact) mass is 332 g/mol. The number of hydrogen-bond acceptors (Lipinski definition) is 3. The Kier molecular flexibility index (Phi) is 4.29. The Morgan fingerprint density at radius 2 is 2.06 bits per heavy atom. The van der Waals surface area contributed by atoms with Crippen LogP contribution in [-0.4, -0.2) is 31.1 Å². The van der Waals surface area contributed by atoms with Crippen molar-refractivity contribution in [2.24, 2.45) is 0 Å². The van der Waals surface area contributed by atoms with Crippen molar-refractivity contribution in [2.75, 3.05) is 32.0 Å². The van der Waals surface area contributed by atoms with Crippen molar-refractivity contribution in [2.45, 2.75) is 12.8 Å². The van der Waals surface area contributed by atoms with Gasteiger partial charge in [0.15, 0.2) is 0 Å². The van der Waals surface area contributed by atoms with Crippen LogP contribution in [-0.2, 0) is 0 Å². The first-order chi connectivity index (χ1) is 7.75. The van der Waals surface area contributed by atoms with Crippen molar-refractivity contribution in [3.05, 3.63) is 21.8 Å². The molecule has 0 amide bonds. The average molecular weight is 332 g/mol. The van der Waals surface area contributed by atoms with E-state index < -0.39 is 0 Å². The zero-order valence-corrected chi connectivity index (χ0v) is 11.4. The SMILES string of the molecule is Nc1cc(I)ccc1OCCN1CCCC1. The fourth-order valence-electron chi connectivity index (χ4n) is 1.94. The van der Waals surface area contributed by atoms with Gasteiger partial charge in [0.05, 0.1) is 5.69 Å². The fraction of sp³-hybridized carbons (Fsp3) is 0.500. The number of likely N-dealkylation sites (tertiary alicyclic amines) is 1. The molecular weight excluding hydrogens is 315 g/mol. The first-order valence-corrected chi connectivity index (χ1v) is 6.74. The Balaban J connectivity index is 1.80. The molecule has 1 aromatic rings. The highest BCUT2D eigenvalue weighted by Gasteiger charge is 2.11. The summed E-state index contributed by atoms with van der Waals surface area (Å²) in [6.45, 7) is 4.16. The Morgan fingerprint density at radius 3 is 2.75 bits per heavy atom. The number of nitrogens with two attached hydrogens (primary N) is 1. The van der Waals surface area contributed by atoms with E-state index in [2.05, 4.69) is 27.5 Å². The Hall–Kier alpha value is -0.490. The predicted octanol–water partition coefficient (Wildman–Crippen LogP) is 2.35. The highest BCUT2D eigenvalue weighted by molar-refractivity contribution is 14.1. The highest BCUT2D eigenvalue weighted by atomic mass is 127. The number of rotatable bonds is 4. The molecule has 0 saturated carbocycles. The summed E-state index contributed by atoms with van der Waals surface area (Å²) in [5.41, 5.74) is 6.60. The Morgan fingerprint density at radius 1 is 1.31 bits per heavy atom. The lowest BCUT2D eigenvalue weighted by atomic mass is 10.3. The van der Waals surface area contributed by atoms with E-state index in [-0.39, 0.29) is 0 Å². The molecule has 0 aliphatic carbocycles. The minimum Gasteiger partial charge on any atom is -0.490 e. The second kappa shape index (κ2) is 5.72. The first-order valence-electron chi connectivity index (χ1n) is 5.66. The van der Waals surface area contributed by atoms with E-state index in [1.165, 1.54) is 25.9 Å². The van der Waals surface area contributed by atoms with Gasteiger partial charge in [0.25, 0.3) is 0 Å². The van der Waals surface area contributed by atoms with Crippen LogP contribution in [0.15, 0.2) is 18.2 Å². The zero-order valence-electron chi connectivity index (χ0n) is 9.29. The van der Waals surface area contributed by atoms with Crippen molar-refractivity contribution in [1.29, 1.82) is 0 Å². The third-order valence-electron chi connectivity index (χ3n) is 2.84. The van der Waals surface area contributed by atoms with Gasteiger partial charge in [-0.3, -0.25) is 4.90 Å². The summed E-state index contributed by atoms with van der Waals surface area (Å²) in [5.74, 6) is 0.805. The van der Waals surface area contributed by atoms with Crippen LogP contribution in [0.4, 0.5) is 5.69 Å². The van der Waals surface area contributed by atoms with Crippen LogP contribution < -0.4 is 10.5 Å². The van der Waals surface area contributed by atoms with Gasteiger partial charge in [-0.2, -0.15) is 0 Å². The third kappa shape index (κ3) is 3.25. The molecule has 2 rings (SSSR count). The molecule has 88 valence electrons. The summed E-state index contributed by atoms with van der Waals surface area (Å²) in [6, 6.07) is 5.90. The molecule has 0 bridgehead atoms. The third-order valence-corrected chi connectivity index (χ3v) is 3.51. The smallest absolute Gasteiger partial charge is 0.142 e. The quantitative estimate of drug-likeness (QED) is 0.680. The van der Waals surface area contributed by atoms with E-state index >= 15 is 0 Å². The van der Waals surface area contributed by atoms with Crippen molar-refractivity contribution in [3.8, 4) is 5.75 Å². The molecule has 1 heterocycles. The summed E-state index contributed by atoms with van der Waals surface area (Å²) >= 11 is 2.25. The number of ether oxygens (including phenoxy) is 1. The number of nitrogen functional groups attached to an aromatic ring is 1. The summed E-state index contributed by atoms with van der Waals surface area (Å²) in [6.07, 6.45) is 2.65. The van der Waals surface area contributed by atoms with E-state index in [1.54, 1.807) is 0 Å². The Labute approximate surface area is 110 Å². The number of halogens is 1. The van der Waals surface area contributed by atoms with Gasteiger partial charge in [-0.05, 0) is 66.7 Å². The van der Waals surface area contributed by atoms with E-state index in [0.29, 0.717) is 0 Å². The molecule has 0 unspecified atom stereocenters. The van der Waals surface area contributed by atoms with E-state index in [4.69, 9.17) is 10.5 Å². The van der Waals surface area contributed by atoms with Crippen molar-refractivity contribution in [1.82, 2.24) is 4.90 Å². The molecule has 4 heteroatoms. The largest absolute Gasteiger partial charge is 0.490 e. The van der Waals surface area contributed by atoms with Crippen molar-refractivity contribution >= 4 is 28.3 Å². The topological polar surface area (TPSA) is 38.5 Å². The lowest BCUT2D eigenvalue weighted by Gasteiger charge is -2.15. The van der Waals surface area contributed by atoms with Gasteiger partial charge >= 0.3 is 0 Å². The molecule has 2 N–H and O–H groups in total. The molecule has 16 heavy (non-hydrogen) atoms. The van der Waals surface area contributed by atoms with Gasteiger partial charge in [0.1, 0.15) is 12.4 Å². The van der Waals surface area contributed by atoms with Gasteiger partial charge in [-0.25, -0.2) is 0 Å². The van der Waals surface area contributed by atoms with Crippen molar-refractivity contribution < 1.29 is 4.74 Å². The molecule has 1 aliphatic heterocycles. The number of benzene rings is 1. The molecule has 1 fully saturated rings. The summed E-state index contributed by atoms with van der Waals surface area (Å²) in [7, 11) is 0. The normalized spacial score (nSPS) is 16.6. The lowest BCUT2D eigenvalue weighted by Crippen LogP contribution is -2.25. The molecule has 1 aliphatic rings. The van der Waals surface area contributed by atoms with Crippen LogP contribution in [0.25, 0.3) is 0 Å². The van der Waals surface area contributed by atoms with Crippen LogP contribution in [0.2, 0.25) is 0 Å². The summed E-state index contributed by atoms with van der Waals surface area (Å²) in [4.78, 5) is 2.43. The van der Waals surface area contributed by atoms with Gasteiger partial charge < -0.3 is 10.5 Å². The van der Waals surface area contributed by atoms with Crippen LogP contribution in [0.5, 0.6) is 5.75 Å². The van der Waals surface area contributed by atoms with Crippen LogP contribution >= 0.6 is 22.6 Å². The second-order valence-electron chi connectivity index (χ2n) is 4.08. The maximum atomic E-state index is 5.87. The molecule has 0 spiro atoms. The summed E-state index contributed by atoms with van der Waals surface area (Å²) < 4.78 is 6.82. The van der Waals surface area contributed by atoms with Crippen LogP contribution in [0.1, 0.15) is 12.8 Å². The highest BCUT2D eigenvalue weighted by Crippen LogP contribution is 2.23. The molecule has 1 aromatic carbocycles. The minimum absolute atomic E-state index is 0.727. The molecule has 0 atom stereocenters. The number of anilines is 1. The Bertz CT molecular complexity index is 351. The van der Waals surface area contributed by atoms with Gasteiger partial charge in [-0.1, -0.05) is 0 Å². The predicted molar refractivity (Wildman–Crippen MR) is 74.7 cm³/mol. The van der Waals surface area contributed by atoms with E-state index in [0.717, 1.165) is 28.2 Å². The second-order valence-corrected chi connectivity index (χ2v) is 5.32. The van der Waals surface area contributed by atoms with E-state index in [1.807, 2.05) is 18.2 Å². The van der Waals surface area contributed by atoms with E-state index in [9.17, 15) is 0 Å². The van der Waals surface area contributed by atoms with Crippen LogP contribution in [0.3, 0.4) is 0 Å². The van der Waals surface area contributed by atoms with Crippen molar-refractivity contribution in [3.63, 3.8) is 0 Å². The first kappa shape index (κ1) is 12.0. The average Bonchev–Trinajstić information content (AvgIpc) is 2.74. The lowest BCUT2D eigenvalue weighted by molar-refractivity contribution is 0.238. The summed E-state index contributed by atoms with van der Waals surface area (Å²) in [5, 5.41) is 0. The minimum atomic E-state index is 0.727. The van der Waals surface area contributed by atoms with Gasteiger partial charge in [0.2, 0.25) is 0 Å². The van der Waals surface area contributed by atoms with Gasteiger partial charge in [0, 0.05) is 10.1 Å². The maximum Gasteiger partial charge on any atom is 0.142 e. The number of hydrogen-bond donors (Lipinski definition) is 1. The molecule has 3 nitrogen and oxygen atoms in total. The molecular formula is C12H17IN2O. The van der Waals surface area contributed by atoms with Gasteiger partial charge in [-0.15, -0.1) is 0 Å². The number of nitrogens with zero attached hydrogens (tertiary/aromatic N) is 1. The maximum absolute atomic E-state index is 5.87. The standard InChI is InChI=1S/C12H17IN2O/c13-10-3-4-12(11(14)9-10)16-8-7-15-5-1-2-6-15/h3-4,9H,1-2,5-8,14H2. The molecule has 0 radical (unpaired) electrons. The molecule has 1 saturated heterocycles. The molecule has 0 aromatic heterocycles.